The Labute approximate surface area is 111 Å². The topological polar surface area (TPSA) is 52.4 Å². The van der Waals surface area contributed by atoms with Crippen molar-refractivity contribution in [3.05, 3.63) is 45.6 Å². The van der Waals surface area contributed by atoms with Crippen molar-refractivity contribution in [3.8, 4) is 5.75 Å². The van der Waals surface area contributed by atoms with Crippen LogP contribution >= 0.6 is 0 Å². The van der Waals surface area contributed by atoms with Crippen LogP contribution in [0.4, 0.5) is 0 Å². The van der Waals surface area contributed by atoms with E-state index in [1.165, 1.54) is 6.42 Å². The number of benzene rings is 1. The molecule has 1 aromatic carbocycles. The molecular weight excluding hydrogens is 242 g/mol. The van der Waals surface area contributed by atoms with E-state index in [0.717, 1.165) is 30.6 Å². The molecule has 2 fully saturated rings. The van der Waals surface area contributed by atoms with Crippen molar-refractivity contribution < 1.29 is 9.66 Å². The quantitative estimate of drug-likeness (QED) is 0.573. The normalized spacial score (nSPS) is 34.8. The summed E-state index contributed by atoms with van der Waals surface area (Å²) in [6.07, 6.45) is 5.85. The molecule has 1 spiro atoms. The number of hydrogen-bond acceptors (Lipinski definition) is 3. The standard InChI is InChI=1S/C15H15NO3/c17-16(18)14-8-11-3-1-2-4-13(11)19-15(14)9-10-5-6-12(15)7-10/h1-4,8,10,12H,5-7,9H2/t10-,12+,15+/m1/s1. The minimum Gasteiger partial charge on any atom is -0.475 e. The van der Waals surface area contributed by atoms with Gasteiger partial charge in [-0.3, -0.25) is 10.1 Å². The maximum atomic E-state index is 11.5. The van der Waals surface area contributed by atoms with Crippen LogP contribution in [0.1, 0.15) is 31.2 Å². The van der Waals surface area contributed by atoms with E-state index in [1.807, 2.05) is 24.3 Å². The van der Waals surface area contributed by atoms with Crippen LogP contribution in [-0.2, 0) is 0 Å². The van der Waals surface area contributed by atoms with Crippen LogP contribution in [0.25, 0.3) is 6.08 Å². The molecule has 1 heterocycles. The van der Waals surface area contributed by atoms with Crippen LogP contribution in [0.5, 0.6) is 5.75 Å². The molecule has 3 atom stereocenters. The predicted octanol–water partition coefficient (Wildman–Crippen LogP) is 3.26. The third kappa shape index (κ3) is 1.40. The first-order chi connectivity index (χ1) is 9.19. The molecule has 0 unspecified atom stereocenters. The van der Waals surface area contributed by atoms with Gasteiger partial charge >= 0.3 is 0 Å². The molecule has 0 saturated heterocycles. The molecule has 2 bridgehead atoms. The molecule has 98 valence electrons. The van der Waals surface area contributed by atoms with Crippen molar-refractivity contribution >= 4 is 6.08 Å². The second-order valence-electron chi connectivity index (χ2n) is 5.90. The summed E-state index contributed by atoms with van der Waals surface area (Å²) < 4.78 is 6.18. The second-order valence-corrected chi connectivity index (χ2v) is 5.90. The van der Waals surface area contributed by atoms with Crippen molar-refractivity contribution in [2.24, 2.45) is 11.8 Å². The van der Waals surface area contributed by atoms with E-state index in [4.69, 9.17) is 4.74 Å². The molecule has 4 heteroatoms. The fraction of sp³-hybridized carbons (Fsp3) is 0.467. The lowest BCUT2D eigenvalue weighted by Crippen LogP contribution is -2.47. The second kappa shape index (κ2) is 3.59. The van der Waals surface area contributed by atoms with Crippen molar-refractivity contribution in [2.45, 2.75) is 31.3 Å². The molecule has 0 N–H and O–H groups in total. The van der Waals surface area contributed by atoms with Gasteiger partial charge in [-0.25, -0.2) is 0 Å². The van der Waals surface area contributed by atoms with Gasteiger partial charge in [-0.05, 0) is 31.2 Å². The van der Waals surface area contributed by atoms with E-state index in [9.17, 15) is 10.1 Å². The Bertz CT molecular complexity index is 595. The predicted molar refractivity (Wildman–Crippen MR) is 70.2 cm³/mol. The first-order valence-electron chi connectivity index (χ1n) is 6.84. The molecule has 0 amide bonds. The Morgan fingerprint density at radius 2 is 2.16 bits per heavy atom. The Kier molecular flexibility index (Phi) is 2.08. The summed E-state index contributed by atoms with van der Waals surface area (Å²) in [5, 5.41) is 11.5. The molecule has 1 aromatic rings. The number of rotatable bonds is 1. The maximum absolute atomic E-state index is 11.5. The number of para-hydroxylation sites is 1. The highest BCUT2D eigenvalue weighted by atomic mass is 16.6. The summed E-state index contributed by atoms with van der Waals surface area (Å²) in [6.45, 7) is 0. The number of hydrogen-bond donors (Lipinski definition) is 0. The van der Waals surface area contributed by atoms with Crippen molar-refractivity contribution in [1.82, 2.24) is 0 Å². The van der Waals surface area contributed by atoms with Gasteiger partial charge in [0.15, 0.2) is 0 Å². The van der Waals surface area contributed by atoms with Crippen LogP contribution in [0.15, 0.2) is 30.0 Å². The summed E-state index contributed by atoms with van der Waals surface area (Å²) >= 11 is 0. The summed E-state index contributed by atoms with van der Waals surface area (Å²) in [7, 11) is 0. The maximum Gasteiger partial charge on any atom is 0.290 e. The monoisotopic (exact) mass is 257 g/mol. The average molecular weight is 257 g/mol. The lowest BCUT2D eigenvalue weighted by Gasteiger charge is -2.38. The number of ether oxygens (including phenoxy) is 1. The molecule has 0 radical (unpaired) electrons. The smallest absolute Gasteiger partial charge is 0.290 e. The van der Waals surface area contributed by atoms with Gasteiger partial charge in [0.1, 0.15) is 5.75 Å². The van der Waals surface area contributed by atoms with Crippen molar-refractivity contribution in [2.75, 3.05) is 0 Å². The highest BCUT2D eigenvalue weighted by Gasteiger charge is 2.61. The zero-order valence-electron chi connectivity index (χ0n) is 10.5. The molecule has 3 aliphatic rings. The van der Waals surface area contributed by atoms with Gasteiger partial charge in [0.05, 0.1) is 4.92 Å². The van der Waals surface area contributed by atoms with Gasteiger partial charge in [-0.1, -0.05) is 18.2 Å². The highest BCUT2D eigenvalue weighted by Crippen LogP contribution is 2.57. The van der Waals surface area contributed by atoms with E-state index in [1.54, 1.807) is 6.08 Å². The Morgan fingerprint density at radius 1 is 1.32 bits per heavy atom. The summed E-state index contributed by atoms with van der Waals surface area (Å²) in [5.41, 5.74) is 0.418. The number of nitro groups is 1. The van der Waals surface area contributed by atoms with Crippen LogP contribution < -0.4 is 4.74 Å². The first kappa shape index (κ1) is 11.0. The molecule has 19 heavy (non-hydrogen) atoms. The first-order valence-corrected chi connectivity index (χ1v) is 6.84. The van der Waals surface area contributed by atoms with Crippen LogP contribution in [0.3, 0.4) is 0 Å². The van der Waals surface area contributed by atoms with Gasteiger partial charge in [-0.15, -0.1) is 0 Å². The Hall–Kier alpha value is -1.84. The molecule has 2 saturated carbocycles. The van der Waals surface area contributed by atoms with E-state index in [-0.39, 0.29) is 10.6 Å². The van der Waals surface area contributed by atoms with E-state index < -0.39 is 5.60 Å². The molecule has 1 aliphatic heterocycles. The highest BCUT2D eigenvalue weighted by molar-refractivity contribution is 5.63. The van der Waals surface area contributed by atoms with Crippen molar-refractivity contribution in [1.29, 1.82) is 0 Å². The van der Waals surface area contributed by atoms with Crippen LogP contribution in [0.2, 0.25) is 0 Å². The van der Waals surface area contributed by atoms with E-state index in [2.05, 4.69) is 0 Å². The third-order valence-electron chi connectivity index (χ3n) is 4.93. The van der Waals surface area contributed by atoms with E-state index in [0.29, 0.717) is 11.8 Å². The van der Waals surface area contributed by atoms with Gasteiger partial charge in [0, 0.05) is 24.0 Å². The van der Waals surface area contributed by atoms with Gasteiger partial charge in [0.2, 0.25) is 5.60 Å². The summed E-state index contributed by atoms with van der Waals surface area (Å²) in [4.78, 5) is 11.2. The van der Waals surface area contributed by atoms with Gasteiger partial charge < -0.3 is 4.74 Å². The fourth-order valence-electron chi connectivity index (χ4n) is 4.14. The molecule has 4 nitrogen and oxygen atoms in total. The largest absolute Gasteiger partial charge is 0.475 e. The van der Waals surface area contributed by atoms with Crippen LogP contribution in [-0.4, -0.2) is 10.5 Å². The number of nitrogens with zero attached hydrogens (tertiary/aromatic N) is 1. The summed E-state index contributed by atoms with van der Waals surface area (Å²) in [5.74, 6) is 1.70. The Morgan fingerprint density at radius 3 is 2.84 bits per heavy atom. The average Bonchev–Trinajstić information content (AvgIpc) is 2.98. The SMILES string of the molecule is O=[N+]([O-])C1=Cc2ccccc2O[C@]12C[C@@H]1CC[C@H]2C1. The Balaban J connectivity index is 1.87. The molecule has 0 aromatic heterocycles. The lowest BCUT2D eigenvalue weighted by atomic mass is 9.79. The van der Waals surface area contributed by atoms with Gasteiger partial charge in [0.25, 0.3) is 5.70 Å². The zero-order valence-corrected chi connectivity index (χ0v) is 10.5. The van der Waals surface area contributed by atoms with E-state index >= 15 is 0 Å². The summed E-state index contributed by atoms with van der Waals surface area (Å²) in [6, 6.07) is 7.59. The molecular formula is C15H15NO3. The lowest BCUT2D eigenvalue weighted by molar-refractivity contribution is -0.444. The van der Waals surface area contributed by atoms with Crippen molar-refractivity contribution in [3.63, 3.8) is 0 Å². The minimum atomic E-state index is -0.666. The fourth-order valence-corrected chi connectivity index (χ4v) is 4.14. The van der Waals surface area contributed by atoms with Crippen LogP contribution in [0, 0.1) is 22.0 Å². The third-order valence-corrected chi connectivity index (χ3v) is 4.93. The molecule has 4 rings (SSSR count). The minimum absolute atomic E-state index is 0.239. The zero-order chi connectivity index (χ0) is 13.0. The number of fused-ring (bicyclic) bond motifs is 4. The molecule has 2 aliphatic carbocycles. The van der Waals surface area contributed by atoms with Gasteiger partial charge in [-0.2, -0.15) is 0 Å².